The Morgan fingerprint density at radius 3 is 2.09 bits per heavy atom. The SMILES string of the molecule is CCCCCCC(C)(C)c1cc(OC(C)=O)c(C2C=C(C)CC[C@H]2C(C)C)c(OC(C)=O)c1. The summed E-state index contributed by atoms with van der Waals surface area (Å²) in [5.74, 6) is 1.19. The van der Waals surface area contributed by atoms with E-state index in [1.54, 1.807) is 0 Å². The molecule has 0 aliphatic heterocycles. The van der Waals surface area contributed by atoms with E-state index in [2.05, 4.69) is 47.6 Å². The van der Waals surface area contributed by atoms with Gasteiger partial charge >= 0.3 is 11.9 Å². The van der Waals surface area contributed by atoms with Gasteiger partial charge in [0.2, 0.25) is 0 Å². The molecule has 4 nitrogen and oxygen atoms in total. The number of carbonyl (C=O) groups is 2. The number of unbranched alkanes of at least 4 members (excludes halogenated alkanes) is 3. The Hall–Kier alpha value is -2.10. The molecule has 33 heavy (non-hydrogen) atoms. The highest BCUT2D eigenvalue weighted by molar-refractivity contribution is 5.73. The summed E-state index contributed by atoms with van der Waals surface area (Å²) in [6.07, 6.45) is 10.2. The molecule has 0 saturated heterocycles. The van der Waals surface area contributed by atoms with Crippen LogP contribution in [0.1, 0.15) is 117 Å². The van der Waals surface area contributed by atoms with Crippen LogP contribution in [0.5, 0.6) is 11.5 Å². The van der Waals surface area contributed by atoms with Crippen LogP contribution in [0.25, 0.3) is 0 Å². The average Bonchev–Trinajstić information content (AvgIpc) is 2.70. The lowest BCUT2D eigenvalue weighted by Crippen LogP contribution is -2.24. The molecule has 2 rings (SSSR count). The van der Waals surface area contributed by atoms with Crippen molar-refractivity contribution < 1.29 is 19.1 Å². The Morgan fingerprint density at radius 2 is 1.61 bits per heavy atom. The molecule has 4 heteroatoms. The molecular weight excluding hydrogens is 412 g/mol. The molecule has 1 aliphatic carbocycles. The van der Waals surface area contributed by atoms with Gasteiger partial charge in [0, 0.05) is 25.3 Å². The van der Waals surface area contributed by atoms with E-state index in [0.29, 0.717) is 23.3 Å². The predicted molar refractivity (Wildman–Crippen MR) is 135 cm³/mol. The van der Waals surface area contributed by atoms with E-state index in [0.717, 1.165) is 36.8 Å². The standard InChI is InChI=1S/C29H44O4/c1-9-10-11-12-15-29(7,8)23-17-26(32-21(5)30)28(27(18-23)33-22(6)31)25-16-20(4)13-14-24(25)19(2)3/h16-19,24-25H,9-15H2,1-8H3/t24-,25?/m0/s1. The maximum absolute atomic E-state index is 12.1. The topological polar surface area (TPSA) is 52.6 Å². The largest absolute Gasteiger partial charge is 0.426 e. The Balaban J connectivity index is 2.65. The maximum atomic E-state index is 12.1. The zero-order valence-electron chi connectivity index (χ0n) is 22.0. The van der Waals surface area contributed by atoms with Crippen LogP contribution in [0.3, 0.4) is 0 Å². The van der Waals surface area contributed by atoms with Crippen molar-refractivity contribution >= 4 is 11.9 Å². The number of hydrogen-bond acceptors (Lipinski definition) is 4. The van der Waals surface area contributed by atoms with Crippen LogP contribution in [-0.4, -0.2) is 11.9 Å². The van der Waals surface area contributed by atoms with Gasteiger partial charge in [-0.1, -0.05) is 72.0 Å². The van der Waals surface area contributed by atoms with E-state index in [9.17, 15) is 9.59 Å². The highest BCUT2D eigenvalue weighted by atomic mass is 16.5. The fraction of sp³-hybridized carbons (Fsp3) is 0.655. The zero-order valence-corrected chi connectivity index (χ0v) is 22.0. The second-order valence-corrected chi connectivity index (χ2v) is 10.8. The van der Waals surface area contributed by atoms with Gasteiger partial charge in [-0.05, 0) is 61.1 Å². The molecule has 0 aromatic heterocycles. The minimum Gasteiger partial charge on any atom is -0.426 e. The van der Waals surface area contributed by atoms with Gasteiger partial charge in [0.15, 0.2) is 0 Å². The van der Waals surface area contributed by atoms with Gasteiger partial charge in [0.05, 0.1) is 0 Å². The normalized spacial score (nSPS) is 18.8. The van der Waals surface area contributed by atoms with Gasteiger partial charge in [-0.25, -0.2) is 0 Å². The van der Waals surface area contributed by atoms with Crippen LogP contribution in [0, 0.1) is 11.8 Å². The quantitative estimate of drug-likeness (QED) is 0.155. The fourth-order valence-corrected chi connectivity index (χ4v) is 5.07. The summed E-state index contributed by atoms with van der Waals surface area (Å²) in [6, 6.07) is 4.03. The van der Waals surface area contributed by atoms with E-state index in [1.165, 1.54) is 38.7 Å². The molecule has 0 saturated carbocycles. The van der Waals surface area contributed by atoms with Crippen LogP contribution in [0.4, 0.5) is 0 Å². The van der Waals surface area contributed by atoms with E-state index in [-0.39, 0.29) is 23.3 Å². The Bertz CT molecular complexity index is 825. The minimum absolute atomic E-state index is 0.0316. The van der Waals surface area contributed by atoms with Gasteiger partial charge in [0.25, 0.3) is 0 Å². The summed E-state index contributed by atoms with van der Waals surface area (Å²) in [7, 11) is 0. The number of esters is 2. The first-order valence-electron chi connectivity index (χ1n) is 12.7. The first kappa shape index (κ1) is 27.1. The highest BCUT2D eigenvalue weighted by Gasteiger charge is 2.34. The van der Waals surface area contributed by atoms with Crippen molar-refractivity contribution in [1.82, 2.24) is 0 Å². The highest BCUT2D eigenvalue weighted by Crippen LogP contribution is 2.49. The van der Waals surface area contributed by atoms with Gasteiger partial charge in [0.1, 0.15) is 11.5 Å². The molecular formula is C29H44O4. The number of hydrogen-bond donors (Lipinski definition) is 0. The summed E-state index contributed by atoms with van der Waals surface area (Å²) < 4.78 is 11.6. The molecule has 0 spiro atoms. The van der Waals surface area contributed by atoms with Crippen molar-refractivity contribution in [3.8, 4) is 11.5 Å². The van der Waals surface area contributed by atoms with Crippen LogP contribution in [0.15, 0.2) is 23.8 Å². The first-order valence-corrected chi connectivity index (χ1v) is 12.7. The van der Waals surface area contributed by atoms with E-state index >= 15 is 0 Å². The van der Waals surface area contributed by atoms with Crippen molar-refractivity contribution in [2.24, 2.45) is 11.8 Å². The number of carbonyl (C=O) groups excluding carboxylic acids is 2. The van der Waals surface area contributed by atoms with Crippen LogP contribution in [0.2, 0.25) is 0 Å². The Morgan fingerprint density at radius 1 is 1.03 bits per heavy atom. The van der Waals surface area contributed by atoms with Gasteiger partial charge in [-0.3, -0.25) is 9.59 Å². The molecule has 0 heterocycles. The summed E-state index contributed by atoms with van der Waals surface area (Å²) in [5, 5.41) is 0. The van der Waals surface area contributed by atoms with Crippen molar-refractivity contribution in [2.45, 2.75) is 112 Å². The van der Waals surface area contributed by atoms with Gasteiger partial charge < -0.3 is 9.47 Å². The maximum Gasteiger partial charge on any atom is 0.308 e. The molecule has 0 amide bonds. The van der Waals surface area contributed by atoms with Crippen molar-refractivity contribution in [2.75, 3.05) is 0 Å². The third-order valence-corrected chi connectivity index (χ3v) is 7.04. The zero-order chi connectivity index (χ0) is 24.8. The van der Waals surface area contributed by atoms with Gasteiger partial charge in [-0.2, -0.15) is 0 Å². The molecule has 0 N–H and O–H groups in total. The molecule has 1 aromatic carbocycles. The summed E-state index contributed by atoms with van der Waals surface area (Å²) in [4.78, 5) is 24.2. The molecule has 1 aliphatic rings. The number of allylic oxidation sites excluding steroid dienone is 2. The van der Waals surface area contributed by atoms with E-state index in [4.69, 9.17) is 9.47 Å². The summed E-state index contributed by atoms with van der Waals surface area (Å²) in [6.45, 7) is 16.1. The molecule has 1 unspecified atom stereocenters. The molecule has 184 valence electrons. The number of ether oxygens (including phenoxy) is 2. The predicted octanol–water partition coefficient (Wildman–Crippen LogP) is 7.88. The number of benzene rings is 1. The summed E-state index contributed by atoms with van der Waals surface area (Å²) >= 11 is 0. The fourth-order valence-electron chi connectivity index (χ4n) is 5.07. The smallest absolute Gasteiger partial charge is 0.308 e. The minimum atomic E-state index is -0.361. The summed E-state index contributed by atoms with van der Waals surface area (Å²) in [5.41, 5.74) is 3.04. The third kappa shape index (κ3) is 7.45. The van der Waals surface area contributed by atoms with Crippen molar-refractivity contribution in [3.63, 3.8) is 0 Å². The second-order valence-electron chi connectivity index (χ2n) is 10.8. The van der Waals surface area contributed by atoms with Crippen molar-refractivity contribution in [3.05, 3.63) is 34.9 Å². The molecule has 0 fully saturated rings. The lowest BCUT2D eigenvalue weighted by Gasteiger charge is -2.35. The second kappa shape index (κ2) is 11.9. The molecule has 2 atom stereocenters. The van der Waals surface area contributed by atoms with E-state index in [1.807, 2.05) is 12.1 Å². The number of rotatable bonds is 10. The third-order valence-electron chi connectivity index (χ3n) is 7.04. The lowest BCUT2D eigenvalue weighted by atomic mass is 9.71. The Labute approximate surface area is 201 Å². The molecule has 1 aromatic rings. The van der Waals surface area contributed by atoms with Crippen molar-refractivity contribution in [1.29, 1.82) is 0 Å². The lowest BCUT2D eigenvalue weighted by molar-refractivity contribution is -0.132. The van der Waals surface area contributed by atoms with Crippen LogP contribution < -0.4 is 9.47 Å². The Kier molecular flexibility index (Phi) is 9.75. The van der Waals surface area contributed by atoms with Crippen LogP contribution >= 0.6 is 0 Å². The molecule has 0 bridgehead atoms. The van der Waals surface area contributed by atoms with Gasteiger partial charge in [-0.15, -0.1) is 0 Å². The van der Waals surface area contributed by atoms with E-state index < -0.39 is 0 Å². The monoisotopic (exact) mass is 456 g/mol. The van der Waals surface area contributed by atoms with Crippen LogP contribution in [-0.2, 0) is 15.0 Å². The molecule has 0 radical (unpaired) electrons. The first-order chi connectivity index (χ1) is 15.5. The average molecular weight is 457 g/mol.